The Morgan fingerprint density at radius 1 is 1.14 bits per heavy atom. The number of Topliss-reactive ketones (excluding diaryl/α,β-unsaturated/α-hetero) is 1. The maximum Gasteiger partial charge on any atom is 0.246 e. The van der Waals surface area contributed by atoms with Crippen LogP contribution in [0.15, 0.2) is 30.5 Å². The van der Waals surface area contributed by atoms with Crippen molar-refractivity contribution in [3.05, 3.63) is 36.0 Å². The highest BCUT2D eigenvalue weighted by Crippen LogP contribution is 2.39. The number of aromatic amines is 1. The minimum atomic E-state index is -0.892. The van der Waals surface area contributed by atoms with E-state index in [9.17, 15) is 14.4 Å². The molecule has 5 rings (SSSR count). The van der Waals surface area contributed by atoms with Crippen molar-refractivity contribution in [1.82, 2.24) is 20.1 Å². The number of carbonyl (C=O) groups excluding carboxylic acids is 3. The first-order valence-corrected chi connectivity index (χ1v) is 13.9. The first-order chi connectivity index (χ1) is 17.9. The Balaban J connectivity index is 1.35. The number of ether oxygens (including phenoxy) is 1. The standard InChI is InChI=1S/C29H40N4O4/c1-20(34)26(23-19-30-24-11-7-6-10-22(23)24)32-14-12-29(13-15-32)28(36)31-25(18-21-8-4-3-5-9-21)27(35)33(29)16-17-37-2/h6-7,10-11,19,21,25-26,30H,3-5,8-9,12-18H2,1-2H3,(H,31,36). The lowest BCUT2D eigenvalue weighted by Gasteiger charge is -2.52. The summed E-state index contributed by atoms with van der Waals surface area (Å²) in [6.07, 6.45) is 9.60. The summed E-state index contributed by atoms with van der Waals surface area (Å²) in [5.74, 6) is 0.551. The molecule has 1 aromatic heterocycles. The highest BCUT2D eigenvalue weighted by Gasteiger charge is 2.54. The van der Waals surface area contributed by atoms with Gasteiger partial charge in [-0.15, -0.1) is 0 Å². The second-order valence-corrected chi connectivity index (χ2v) is 11.1. The number of likely N-dealkylation sites (tertiary alicyclic amines) is 1. The van der Waals surface area contributed by atoms with Gasteiger partial charge in [0, 0.05) is 49.4 Å². The third-order valence-corrected chi connectivity index (χ3v) is 8.91. The molecule has 2 aromatic rings. The zero-order valence-corrected chi connectivity index (χ0v) is 22.1. The summed E-state index contributed by atoms with van der Waals surface area (Å²) in [4.78, 5) is 47.7. The van der Waals surface area contributed by atoms with E-state index in [1.54, 1.807) is 14.0 Å². The number of ketones is 1. The number of H-pyrrole nitrogens is 1. The van der Waals surface area contributed by atoms with E-state index >= 15 is 0 Å². The van der Waals surface area contributed by atoms with Crippen molar-refractivity contribution in [2.75, 3.05) is 33.4 Å². The maximum atomic E-state index is 13.8. The number of hydrogen-bond donors (Lipinski definition) is 2. The number of para-hydroxylation sites is 1. The van der Waals surface area contributed by atoms with E-state index in [1.165, 1.54) is 19.3 Å². The number of fused-ring (bicyclic) bond motifs is 1. The Bertz CT molecular complexity index is 1130. The van der Waals surface area contributed by atoms with E-state index in [0.29, 0.717) is 45.0 Å². The molecule has 3 heterocycles. The fourth-order valence-electron chi connectivity index (χ4n) is 6.94. The largest absolute Gasteiger partial charge is 0.383 e. The predicted octanol–water partition coefficient (Wildman–Crippen LogP) is 3.58. The Morgan fingerprint density at radius 2 is 1.86 bits per heavy atom. The number of piperazine rings is 1. The molecule has 3 fully saturated rings. The van der Waals surface area contributed by atoms with Crippen LogP contribution in [0.1, 0.15) is 69.9 Å². The summed E-state index contributed by atoms with van der Waals surface area (Å²) in [6, 6.07) is 7.17. The maximum absolute atomic E-state index is 13.8. The number of rotatable bonds is 8. The molecule has 2 amide bonds. The fraction of sp³-hybridized carbons (Fsp3) is 0.621. The number of carbonyl (C=O) groups is 3. The lowest BCUT2D eigenvalue weighted by atomic mass is 9.78. The van der Waals surface area contributed by atoms with E-state index in [4.69, 9.17) is 4.74 Å². The average Bonchev–Trinajstić information content (AvgIpc) is 3.32. The lowest BCUT2D eigenvalue weighted by molar-refractivity contribution is -0.163. The van der Waals surface area contributed by atoms with Crippen molar-refractivity contribution in [3.8, 4) is 0 Å². The molecule has 2 saturated heterocycles. The fourth-order valence-corrected chi connectivity index (χ4v) is 6.94. The summed E-state index contributed by atoms with van der Waals surface area (Å²) in [6.45, 7) is 3.55. The normalized spacial score (nSPS) is 23.9. The van der Waals surface area contributed by atoms with Crippen LogP contribution < -0.4 is 5.32 Å². The van der Waals surface area contributed by atoms with E-state index < -0.39 is 11.6 Å². The Kier molecular flexibility index (Phi) is 7.67. The predicted molar refractivity (Wildman–Crippen MR) is 142 cm³/mol. The lowest BCUT2D eigenvalue weighted by Crippen LogP contribution is -2.73. The number of benzene rings is 1. The van der Waals surface area contributed by atoms with Crippen LogP contribution in [-0.2, 0) is 19.1 Å². The number of nitrogens with zero attached hydrogens (tertiary/aromatic N) is 2. The van der Waals surface area contributed by atoms with Crippen LogP contribution in [0.5, 0.6) is 0 Å². The first kappa shape index (κ1) is 25.9. The Morgan fingerprint density at radius 3 is 2.57 bits per heavy atom. The third-order valence-electron chi connectivity index (χ3n) is 8.91. The average molecular weight is 509 g/mol. The summed E-state index contributed by atoms with van der Waals surface area (Å²) in [7, 11) is 1.63. The molecule has 2 unspecified atom stereocenters. The number of amides is 2. The highest BCUT2D eigenvalue weighted by molar-refractivity contribution is 6.00. The number of hydrogen-bond acceptors (Lipinski definition) is 5. The van der Waals surface area contributed by atoms with Crippen LogP contribution >= 0.6 is 0 Å². The van der Waals surface area contributed by atoms with Crippen LogP contribution in [0, 0.1) is 5.92 Å². The monoisotopic (exact) mass is 508 g/mol. The SMILES string of the molecule is COCCN1C(=O)C(CC2CCCCC2)NC(=O)C12CCN(C(C(C)=O)c1c[nH]c3ccccc13)CC2. The van der Waals surface area contributed by atoms with Crippen molar-refractivity contribution in [2.45, 2.75) is 75.9 Å². The van der Waals surface area contributed by atoms with Crippen molar-refractivity contribution in [3.63, 3.8) is 0 Å². The molecule has 8 nitrogen and oxygen atoms in total. The number of nitrogens with one attached hydrogen (secondary N) is 2. The van der Waals surface area contributed by atoms with Gasteiger partial charge in [-0.3, -0.25) is 19.3 Å². The smallest absolute Gasteiger partial charge is 0.246 e. The quantitative estimate of drug-likeness (QED) is 0.569. The minimum Gasteiger partial charge on any atom is -0.383 e. The summed E-state index contributed by atoms with van der Waals surface area (Å²) in [5, 5.41) is 4.18. The molecule has 1 saturated carbocycles. The zero-order valence-electron chi connectivity index (χ0n) is 22.1. The van der Waals surface area contributed by atoms with Crippen LogP contribution in [0.3, 0.4) is 0 Å². The molecular formula is C29H40N4O4. The van der Waals surface area contributed by atoms with Gasteiger partial charge in [0.05, 0.1) is 12.6 Å². The molecule has 1 aromatic carbocycles. The molecule has 3 aliphatic rings. The van der Waals surface area contributed by atoms with Crippen molar-refractivity contribution in [2.24, 2.45) is 5.92 Å². The zero-order chi connectivity index (χ0) is 26.0. The molecule has 0 radical (unpaired) electrons. The van der Waals surface area contributed by atoms with Crippen LogP contribution in [0.4, 0.5) is 0 Å². The van der Waals surface area contributed by atoms with Gasteiger partial charge in [0.1, 0.15) is 11.6 Å². The van der Waals surface area contributed by atoms with E-state index in [0.717, 1.165) is 35.7 Å². The minimum absolute atomic E-state index is 0.0235. The van der Waals surface area contributed by atoms with Gasteiger partial charge in [-0.25, -0.2) is 0 Å². The molecule has 1 spiro atoms. The summed E-state index contributed by atoms with van der Waals surface area (Å²) in [5.41, 5.74) is 1.08. The molecule has 37 heavy (non-hydrogen) atoms. The first-order valence-electron chi connectivity index (χ1n) is 13.9. The van der Waals surface area contributed by atoms with Gasteiger partial charge in [-0.2, -0.15) is 0 Å². The van der Waals surface area contributed by atoms with E-state index in [1.807, 2.05) is 35.4 Å². The number of methoxy groups -OCH3 is 1. The van der Waals surface area contributed by atoms with Crippen LogP contribution in [0.25, 0.3) is 10.9 Å². The molecule has 2 atom stereocenters. The number of aromatic nitrogens is 1. The van der Waals surface area contributed by atoms with Gasteiger partial charge in [0.25, 0.3) is 0 Å². The molecular weight excluding hydrogens is 468 g/mol. The van der Waals surface area contributed by atoms with Crippen LogP contribution in [0.2, 0.25) is 0 Å². The highest BCUT2D eigenvalue weighted by atomic mass is 16.5. The third kappa shape index (κ3) is 4.93. The van der Waals surface area contributed by atoms with Crippen LogP contribution in [-0.4, -0.2) is 77.3 Å². The van der Waals surface area contributed by atoms with Gasteiger partial charge in [-0.05, 0) is 38.2 Å². The van der Waals surface area contributed by atoms with Crippen molar-refractivity contribution in [1.29, 1.82) is 0 Å². The van der Waals surface area contributed by atoms with E-state index in [-0.39, 0.29) is 23.6 Å². The van der Waals surface area contributed by atoms with Gasteiger partial charge >= 0.3 is 0 Å². The number of piperidine rings is 1. The Hall–Kier alpha value is -2.71. The van der Waals surface area contributed by atoms with Gasteiger partial charge in [-0.1, -0.05) is 50.3 Å². The Labute approximate surface area is 219 Å². The van der Waals surface area contributed by atoms with Crippen molar-refractivity contribution >= 4 is 28.5 Å². The summed E-state index contributed by atoms with van der Waals surface area (Å²) < 4.78 is 5.34. The van der Waals surface area contributed by atoms with Gasteiger partial charge in [0.2, 0.25) is 11.8 Å². The second-order valence-electron chi connectivity index (χ2n) is 11.1. The molecule has 200 valence electrons. The molecule has 1 aliphatic carbocycles. The molecule has 8 heteroatoms. The topological polar surface area (TPSA) is 94.7 Å². The van der Waals surface area contributed by atoms with Crippen molar-refractivity contribution < 1.29 is 19.1 Å². The van der Waals surface area contributed by atoms with Gasteiger partial charge in [0.15, 0.2) is 5.78 Å². The molecule has 2 N–H and O–H groups in total. The van der Waals surface area contributed by atoms with E-state index in [2.05, 4.69) is 15.2 Å². The summed E-state index contributed by atoms with van der Waals surface area (Å²) >= 11 is 0. The molecule has 2 aliphatic heterocycles. The second kappa shape index (κ2) is 11.0. The van der Waals surface area contributed by atoms with Gasteiger partial charge < -0.3 is 19.9 Å². The molecule has 0 bridgehead atoms.